The minimum atomic E-state index is -0.156. The number of hydrogen-bond acceptors (Lipinski definition) is 2. The smallest absolute Gasteiger partial charge is 0.234 e. The van der Waals surface area contributed by atoms with Gasteiger partial charge in [0, 0.05) is 0 Å². The van der Waals surface area contributed by atoms with Crippen LogP contribution in [-0.2, 0) is 4.79 Å². The highest BCUT2D eigenvalue weighted by Crippen LogP contribution is 2.23. The highest BCUT2D eigenvalue weighted by Gasteiger charge is 2.24. The van der Waals surface area contributed by atoms with Crippen LogP contribution < -0.4 is 5.73 Å². The molecule has 1 aliphatic heterocycles. The van der Waals surface area contributed by atoms with Crippen molar-refractivity contribution >= 4 is 5.91 Å². The average Bonchev–Trinajstić information content (AvgIpc) is 2.46. The van der Waals surface area contributed by atoms with E-state index in [1.807, 2.05) is 6.92 Å². The van der Waals surface area contributed by atoms with E-state index in [0.717, 1.165) is 25.4 Å². The first-order valence-corrected chi connectivity index (χ1v) is 6.72. The van der Waals surface area contributed by atoms with Crippen molar-refractivity contribution in [3.8, 4) is 0 Å². The Labute approximate surface area is 99.4 Å². The first kappa shape index (κ1) is 13.5. The van der Waals surface area contributed by atoms with Crippen molar-refractivity contribution in [3.63, 3.8) is 0 Å². The van der Waals surface area contributed by atoms with Crippen molar-refractivity contribution in [3.05, 3.63) is 0 Å². The standard InChI is InChI=1S/C13H26N2O/c1-3-6-11-7-5-9-15(10-8-11)12(4-2)13(14)16/h11-12H,3-10H2,1-2H3,(H2,14,16). The molecule has 1 heterocycles. The Bertz CT molecular complexity index is 218. The van der Waals surface area contributed by atoms with Gasteiger partial charge in [-0.3, -0.25) is 9.69 Å². The van der Waals surface area contributed by atoms with Gasteiger partial charge in [-0.15, -0.1) is 0 Å². The summed E-state index contributed by atoms with van der Waals surface area (Å²) in [6.45, 7) is 6.39. The van der Waals surface area contributed by atoms with Crippen LogP contribution in [0.2, 0.25) is 0 Å². The SMILES string of the molecule is CCCC1CCCN(C(CC)C(N)=O)CC1. The Kier molecular flexibility index (Phi) is 5.81. The van der Waals surface area contributed by atoms with Crippen LogP contribution in [0.25, 0.3) is 0 Å². The number of carbonyl (C=O) groups excluding carboxylic acids is 1. The van der Waals surface area contributed by atoms with E-state index in [-0.39, 0.29) is 11.9 Å². The van der Waals surface area contributed by atoms with Gasteiger partial charge in [0.25, 0.3) is 0 Å². The fourth-order valence-corrected chi connectivity index (χ4v) is 2.84. The van der Waals surface area contributed by atoms with Gasteiger partial charge in [-0.05, 0) is 44.7 Å². The normalized spacial score (nSPS) is 25.0. The molecule has 3 heteroatoms. The highest BCUT2D eigenvalue weighted by atomic mass is 16.1. The largest absolute Gasteiger partial charge is 0.368 e. The van der Waals surface area contributed by atoms with Crippen LogP contribution in [0.5, 0.6) is 0 Å². The number of likely N-dealkylation sites (tertiary alicyclic amines) is 1. The molecule has 16 heavy (non-hydrogen) atoms. The first-order chi connectivity index (χ1) is 7.69. The fourth-order valence-electron chi connectivity index (χ4n) is 2.84. The monoisotopic (exact) mass is 226 g/mol. The molecule has 3 nitrogen and oxygen atoms in total. The predicted octanol–water partition coefficient (Wildman–Crippen LogP) is 2.15. The molecule has 0 spiro atoms. The van der Waals surface area contributed by atoms with Gasteiger partial charge in [-0.1, -0.05) is 26.7 Å². The minimum Gasteiger partial charge on any atom is -0.368 e. The van der Waals surface area contributed by atoms with Gasteiger partial charge in [0.2, 0.25) is 5.91 Å². The van der Waals surface area contributed by atoms with Gasteiger partial charge in [0.15, 0.2) is 0 Å². The molecule has 1 aliphatic rings. The molecule has 0 radical (unpaired) electrons. The Morgan fingerprint density at radius 3 is 2.69 bits per heavy atom. The molecule has 0 saturated carbocycles. The molecular formula is C13H26N2O. The maximum absolute atomic E-state index is 11.3. The van der Waals surface area contributed by atoms with Crippen LogP contribution in [0, 0.1) is 5.92 Å². The Balaban J connectivity index is 2.48. The summed E-state index contributed by atoms with van der Waals surface area (Å²) >= 11 is 0. The van der Waals surface area contributed by atoms with Crippen molar-refractivity contribution in [2.45, 2.75) is 58.4 Å². The third-order valence-electron chi connectivity index (χ3n) is 3.74. The molecule has 1 rings (SSSR count). The quantitative estimate of drug-likeness (QED) is 0.781. The molecule has 2 atom stereocenters. The summed E-state index contributed by atoms with van der Waals surface area (Å²) in [5.41, 5.74) is 5.44. The molecule has 0 aromatic heterocycles. The van der Waals surface area contributed by atoms with Crippen molar-refractivity contribution in [2.24, 2.45) is 11.7 Å². The summed E-state index contributed by atoms with van der Waals surface area (Å²) < 4.78 is 0. The lowest BCUT2D eigenvalue weighted by atomic mass is 9.96. The second-order valence-corrected chi connectivity index (χ2v) is 4.95. The number of rotatable bonds is 5. The molecule has 2 N–H and O–H groups in total. The van der Waals surface area contributed by atoms with E-state index in [1.165, 1.54) is 32.1 Å². The zero-order chi connectivity index (χ0) is 12.0. The van der Waals surface area contributed by atoms with Crippen molar-refractivity contribution < 1.29 is 4.79 Å². The number of primary amides is 1. The molecule has 1 fully saturated rings. The lowest BCUT2D eigenvalue weighted by molar-refractivity contribution is -0.123. The lowest BCUT2D eigenvalue weighted by Crippen LogP contribution is -2.44. The fraction of sp³-hybridized carbons (Fsp3) is 0.923. The number of carbonyl (C=O) groups is 1. The molecule has 2 unspecified atom stereocenters. The predicted molar refractivity (Wildman–Crippen MR) is 67.1 cm³/mol. The molecule has 1 saturated heterocycles. The van der Waals surface area contributed by atoms with Gasteiger partial charge in [-0.2, -0.15) is 0 Å². The summed E-state index contributed by atoms with van der Waals surface area (Å²) in [6.07, 6.45) is 7.22. The van der Waals surface area contributed by atoms with E-state index in [9.17, 15) is 4.79 Å². The van der Waals surface area contributed by atoms with Crippen LogP contribution in [0.1, 0.15) is 52.4 Å². The van der Waals surface area contributed by atoms with Gasteiger partial charge in [0.1, 0.15) is 0 Å². The Morgan fingerprint density at radius 1 is 1.38 bits per heavy atom. The second kappa shape index (κ2) is 6.89. The topological polar surface area (TPSA) is 46.3 Å². The molecule has 0 aromatic carbocycles. The van der Waals surface area contributed by atoms with Crippen LogP contribution in [0.3, 0.4) is 0 Å². The molecule has 0 aliphatic carbocycles. The summed E-state index contributed by atoms with van der Waals surface area (Å²) in [4.78, 5) is 13.6. The summed E-state index contributed by atoms with van der Waals surface area (Å²) in [5.74, 6) is 0.705. The van der Waals surface area contributed by atoms with E-state index in [2.05, 4.69) is 11.8 Å². The van der Waals surface area contributed by atoms with Gasteiger partial charge >= 0.3 is 0 Å². The minimum absolute atomic E-state index is 0.0413. The van der Waals surface area contributed by atoms with Crippen molar-refractivity contribution in [1.82, 2.24) is 4.90 Å². The average molecular weight is 226 g/mol. The summed E-state index contributed by atoms with van der Waals surface area (Å²) in [7, 11) is 0. The number of amides is 1. The molecule has 0 bridgehead atoms. The number of nitrogens with two attached hydrogens (primary N) is 1. The Morgan fingerprint density at radius 2 is 2.12 bits per heavy atom. The van der Waals surface area contributed by atoms with Gasteiger partial charge in [-0.25, -0.2) is 0 Å². The molecule has 94 valence electrons. The summed E-state index contributed by atoms with van der Waals surface area (Å²) in [5, 5.41) is 0. The van der Waals surface area contributed by atoms with Crippen molar-refractivity contribution in [2.75, 3.05) is 13.1 Å². The first-order valence-electron chi connectivity index (χ1n) is 6.72. The maximum atomic E-state index is 11.3. The van der Waals surface area contributed by atoms with Crippen molar-refractivity contribution in [1.29, 1.82) is 0 Å². The maximum Gasteiger partial charge on any atom is 0.234 e. The second-order valence-electron chi connectivity index (χ2n) is 4.95. The third kappa shape index (κ3) is 3.78. The molecular weight excluding hydrogens is 200 g/mol. The van der Waals surface area contributed by atoms with Crippen LogP contribution in [0.15, 0.2) is 0 Å². The number of nitrogens with zero attached hydrogens (tertiary/aromatic N) is 1. The highest BCUT2D eigenvalue weighted by molar-refractivity contribution is 5.79. The lowest BCUT2D eigenvalue weighted by Gasteiger charge is -2.27. The third-order valence-corrected chi connectivity index (χ3v) is 3.74. The van der Waals surface area contributed by atoms with E-state index >= 15 is 0 Å². The number of hydrogen-bond donors (Lipinski definition) is 1. The molecule has 0 aromatic rings. The van der Waals surface area contributed by atoms with Gasteiger partial charge in [0.05, 0.1) is 6.04 Å². The van der Waals surface area contributed by atoms with Crippen LogP contribution >= 0.6 is 0 Å². The molecule has 1 amide bonds. The zero-order valence-electron chi connectivity index (χ0n) is 10.7. The van der Waals surface area contributed by atoms with Crippen LogP contribution in [-0.4, -0.2) is 29.9 Å². The zero-order valence-corrected chi connectivity index (χ0v) is 10.7. The van der Waals surface area contributed by atoms with E-state index in [4.69, 9.17) is 5.73 Å². The van der Waals surface area contributed by atoms with Gasteiger partial charge < -0.3 is 5.73 Å². The van der Waals surface area contributed by atoms with E-state index in [0.29, 0.717) is 0 Å². The van der Waals surface area contributed by atoms with E-state index in [1.54, 1.807) is 0 Å². The summed E-state index contributed by atoms with van der Waals surface area (Å²) in [6, 6.07) is -0.0413. The Hall–Kier alpha value is -0.570. The van der Waals surface area contributed by atoms with Crippen LogP contribution in [0.4, 0.5) is 0 Å². The van der Waals surface area contributed by atoms with E-state index < -0.39 is 0 Å².